The highest BCUT2D eigenvalue weighted by Gasteiger charge is 2.42. The van der Waals surface area contributed by atoms with Gasteiger partial charge < -0.3 is 9.32 Å². The van der Waals surface area contributed by atoms with Crippen LogP contribution in [-0.4, -0.2) is 46.6 Å². The van der Waals surface area contributed by atoms with Gasteiger partial charge in [-0.15, -0.1) is 0 Å². The fourth-order valence-corrected chi connectivity index (χ4v) is 5.01. The van der Waals surface area contributed by atoms with Gasteiger partial charge in [0.2, 0.25) is 17.6 Å². The Morgan fingerprint density at radius 3 is 2.62 bits per heavy atom. The predicted octanol–water partition coefficient (Wildman–Crippen LogP) is 3.69. The number of carbonyl (C=O) groups is 3. The molecule has 0 radical (unpaired) electrons. The molecule has 1 saturated heterocycles. The van der Waals surface area contributed by atoms with Crippen LogP contribution in [0, 0.1) is 5.92 Å². The molecule has 2 amide bonds. The second-order valence-corrected chi connectivity index (χ2v) is 8.92. The highest BCUT2D eigenvalue weighted by atomic mass is 16.3. The van der Waals surface area contributed by atoms with Gasteiger partial charge in [-0.1, -0.05) is 48.5 Å². The number of Topliss-reactive ketones (excluding diaryl/α,β-unsaturated/α-hetero) is 1. The standard InChI is InChI=1S/C27H27N3O4/c31-24(12-6-9-19-7-2-1-3-8-19)30-22-11-5-4-10-20(22)17-23(30)27(33)29-15-13-21(18-29)25(32)26-28-14-16-34-26/h1-5,7-8,10-11,14,16,21,23H,6,9,12-13,15,17-18H2/t21-,23-/m0/s1. The predicted molar refractivity (Wildman–Crippen MR) is 126 cm³/mol. The second-order valence-electron chi connectivity index (χ2n) is 8.92. The third-order valence-electron chi connectivity index (χ3n) is 6.74. The zero-order valence-corrected chi connectivity index (χ0v) is 18.9. The zero-order chi connectivity index (χ0) is 23.5. The van der Waals surface area contributed by atoms with Gasteiger partial charge in [0.05, 0.1) is 6.20 Å². The van der Waals surface area contributed by atoms with E-state index in [9.17, 15) is 14.4 Å². The Morgan fingerprint density at radius 2 is 1.82 bits per heavy atom. The van der Waals surface area contributed by atoms with Crippen molar-refractivity contribution in [3.63, 3.8) is 0 Å². The van der Waals surface area contributed by atoms with Crippen molar-refractivity contribution in [3.05, 3.63) is 84.1 Å². The van der Waals surface area contributed by atoms with E-state index in [0.29, 0.717) is 32.4 Å². The number of amides is 2. The molecule has 0 spiro atoms. The molecule has 5 rings (SSSR count). The van der Waals surface area contributed by atoms with Crippen LogP contribution < -0.4 is 4.90 Å². The molecule has 2 aromatic carbocycles. The summed E-state index contributed by atoms with van der Waals surface area (Å²) >= 11 is 0. The minimum atomic E-state index is -0.572. The second kappa shape index (κ2) is 9.63. The van der Waals surface area contributed by atoms with Gasteiger partial charge in [-0.05, 0) is 36.5 Å². The highest BCUT2D eigenvalue weighted by molar-refractivity contribution is 6.04. The Bertz CT molecular complexity index is 1180. The summed E-state index contributed by atoms with van der Waals surface area (Å²) in [6.07, 6.45) is 5.80. The van der Waals surface area contributed by atoms with Gasteiger partial charge in [-0.3, -0.25) is 19.3 Å². The summed E-state index contributed by atoms with van der Waals surface area (Å²) in [5, 5.41) is 0. The average Bonchev–Trinajstić information content (AvgIpc) is 3.63. The molecule has 0 N–H and O–H groups in total. The van der Waals surface area contributed by atoms with Crippen LogP contribution >= 0.6 is 0 Å². The Morgan fingerprint density at radius 1 is 1.03 bits per heavy atom. The summed E-state index contributed by atoms with van der Waals surface area (Å²) < 4.78 is 5.15. The van der Waals surface area contributed by atoms with E-state index in [1.54, 1.807) is 9.80 Å². The Hall–Kier alpha value is -3.74. The molecule has 1 fully saturated rings. The largest absolute Gasteiger partial charge is 0.442 e. The van der Waals surface area contributed by atoms with Gasteiger partial charge in [0.15, 0.2) is 0 Å². The number of ketones is 1. The minimum absolute atomic E-state index is 0.0363. The zero-order valence-electron chi connectivity index (χ0n) is 18.9. The lowest BCUT2D eigenvalue weighted by Crippen LogP contribution is -2.49. The lowest BCUT2D eigenvalue weighted by Gasteiger charge is -2.28. The summed E-state index contributed by atoms with van der Waals surface area (Å²) in [6, 6.07) is 17.3. The molecule has 1 aromatic heterocycles. The van der Waals surface area contributed by atoms with Crippen molar-refractivity contribution >= 4 is 23.3 Å². The van der Waals surface area contributed by atoms with E-state index < -0.39 is 6.04 Å². The number of benzene rings is 2. The Kier molecular flexibility index (Phi) is 6.25. The fraction of sp³-hybridized carbons (Fsp3) is 0.333. The SMILES string of the molecule is O=C(c1ncco1)[C@H]1CCN(C(=O)[C@@H]2Cc3ccccc3N2C(=O)CCCc2ccccc2)C1. The van der Waals surface area contributed by atoms with Crippen LogP contribution in [0.3, 0.4) is 0 Å². The van der Waals surface area contributed by atoms with Crippen LogP contribution in [0.1, 0.15) is 41.1 Å². The smallest absolute Gasteiger partial charge is 0.263 e. The van der Waals surface area contributed by atoms with Crippen LogP contribution in [0.2, 0.25) is 0 Å². The number of nitrogens with zero attached hydrogens (tertiary/aromatic N) is 3. The first-order chi connectivity index (χ1) is 16.6. The lowest BCUT2D eigenvalue weighted by molar-refractivity contribution is -0.133. The first kappa shape index (κ1) is 22.1. The van der Waals surface area contributed by atoms with Crippen LogP contribution in [0.4, 0.5) is 5.69 Å². The van der Waals surface area contributed by atoms with Gasteiger partial charge in [-0.25, -0.2) is 4.98 Å². The van der Waals surface area contributed by atoms with Gasteiger partial charge in [0.1, 0.15) is 12.3 Å². The number of hydrogen-bond acceptors (Lipinski definition) is 5. The molecule has 174 valence electrons. The first-order valence-electron chi connectivity index (χ1n) is 11.8. The minimum Gasteiger partial charge on any atom is -0.442 e. The number of fused-ring (bicyclic) bond motifs is 1. The summed E-state index contributed by atoms with van der Waals surface area (Å²) in [4.78, 5) is 46.9. The van der Waals surface area contributed by atoms with Gasteiger partial charge >= 0.3 is 0 Å². The van der Waals surface area contributed by atoms with Gasteiger partial charge in [0, 0.05) is 37.5 Å². The summed E-state index contributed by atoms with van der Waals surface area (Å²) in [5.41, 5.74) is 3.02. The number of aryl methyl sites for hydroxylation is 1. The van der Waals surface area contributed by atoms with Crippen LogP contribution in [0.15, 0.2) is 71.5 Å². The Labute approximate surface area is 198 Å². The molecule has 3 heterocycles. The number of likely N-dealkylation sites (tertiary alicyclic amines) is 1. The van der Waals surface area contributed by atoms with Crippen LogP contribution in [-0.2, 0) is 22.4 Å². The summed E-state index contributed by atoms with van der Waals surface area (Å²) in [7, 11) is 0. The normalized spacial score (nSPS) is 19.3. The third-order valence-corrected chi connectivity index (χ3v) is 6.74. The molecule has 0 bridgehead atoms. The van der Waals surface area contributed by atoms with Crippen molar-refractivity contribution in [1.29, 1.82) is 0 Å². The van der Waals surface area contributed by atoms with Crippen molar-refractivity contribution in [1.82, 2.24) is 9.88 Å². The van der Waals surface area contributed by atoms with Gasteiger partial charge in [-0.2, -0.15) is 0 Å². The first-order valence-corrected chi connectivity index (χ1v) is 11.8. The summed E-state index contributed by atoms with van der Waals surface area (Å²) in [5.74, 6) is -0.561. The van der Waals surface area contributed by atoms with Crippen molar-refractivity contribution in [2.75, 3.05) is 18.0 Å². The van der Waals surface area contributed by atoms with E-state index in [4.69, 9.17) is 4.42 Å². The maximum Gasteiger partial charge on any atom is 0.263 e. The monoisotopic (exact) mass is 457 g/mol. The lowest BCUT2D eigenvalue weighted by atomic mass is 10.0. The van der Waals surface area contributed by atoms with Gasteiger partial charge in [0.25, 0.3) is 5.89 Å². The maximum atomic E-state index is 13.6. The molecular formula is C27H27N3O4. The van der Waals surface area contributed by atoms with E-state index in [-0.39, 0.29) is 29.4 Å². The van der Waals surface area contributed by atoms with Crippen molar-refractivity contribution in [3.8, 4) is 0 Å². The molecule has 34 heavy (non-hydrogen) atoms. The fourth-order valence-electron chi connectivity index (χ4n) is 5.01. The van der Waals surface area contributed by atoms with E-state index in [1.165, 1.54) is 18.0 Å². The maximum absolute atomic E-state index is 13.6. The van der Waals surface area contributed by atoms with Crippen molar-refractivity contribution in [2.45, 2.75) is 38.1 Å². The van der Waals surface area contributed by atoms with E-state index in [1.807, 2.05) is 42.5 Å². The van der Waals surface area contributed by atoms with Crippen molar-refractivity contribution < 1.29 is 18.8 Å². The average molecular weight is 458 g/mol. The number of hydrogen-bond donors (Lipinski definition) is 0. The number of rotatable bonds is 7. The molecule has 2 aliphatic rings. The molecule has 2 aliphatic heterocycles. The number of anilines is 1. The van der Waals surface area contributed by atoms with Crippen molar-refractivity contribution in [2.24, 2.45) is 5.92 Å². The topological polar surface area (TPSA) is 83.7 Å². The van der Waals surface area contributed by atoms with E-state index in [2.05, 4.69) is 17.1 Å². The molecule has 0 saturated carbocycles. The van der Waals surface area contributed by atoms with E-state index in [0.717, 1.165) is 24.1 Å². The molecule has 2 atom stereocenters. The molecule has 7 heteroatoms. The number of para-hydroxylation sites is 1. The Balaban J connectivity index is 1.27. The number of carbonyl (C=O) groups excluding carboxylic acids is 3. The number of aromatic nitrogens is 1. The molecule has 0 unspecified atom stereocenters. The molecule has 0 aliphatic carbocycles. The van der Waals surface area contributed by atoms with E-state index >= 15 is 0 Å². The van der Waals surface area contributed by atoms with Crippen LogP contribution in [0.25, 0.3) is 0 Å². The van der Waals surface area contributed by atoms with Crippen LogP contribution in [0.5, 0.6) is 0 Å². The third kappa shape index (κ3) is 4.38. The highest BCUT2D eigenvalue weighted by Crippen LogP contribution is 2.34. The molecule has 7 nitrogen and oxygen atoms in total. The molecular weight excluding hydrogens is 430 g/mol. The number of oxazole rings is 1. The quantitative estimate of drug-likeness (QED) is 0.506. The molecule has 3 aromatic rings. The summed E-state index contributed by atoms with van der Waals surface area (Å²) in [6.45, 7) is 0.807.